The SMILES string of the molecule is CN(C1CCCNC(=O)C1)C1CCCCC1CN. The van der Waals surface area contributed by atoms with Gasteiger partial charge in [-0.05, 0) is 45.2 Å². The highest BCUT2D eigenvalue weighted by atomic mass is 16.1. The van der Waals surface area contributed by atoms with Gasteiger partial charge in [-0.15, -0.1) is 0 Å². The van der Waals surface area contributed by atoms with Crippen molar-refractivity contribution in [1.82, 2.24) is 10.2 Å². The molecule has 1 aliphatic heterocycles. The van der Waals surface area contributed by atoms with Crippen LogP contribution in [0, 0.1) is 5.92 Å². The Morgan fingerprint density at radius 2 is 2.06 bits per heavy atom. The first-order chi connectivity index (χ1) is 8.72. The number of hydrogen-bond donors (Lipinski definition) is 2. The van der Waals surface area contributed by atoms with E-state index in [4.69, 9.17) is 5.73 Å². The van der Waals surface area contributed by atoms with Crippen molar-refractivity contribution in [3.8, 4) is 0 Å². The van der Waals surface area contributed by atoms with E-state index in [9.17, 15) is 4.79 Å². The third-order valence-electron chi connectivity index (χ3n) is 4.73. The predicted molar refractivity (Wildman–Crippen MR) is 73.2 cm³/mol. The van der Waals surface area contributed by atoms with E-state index in [1.807, 2.05) is 0 Å². The molecular formula is C14H27N3O. The highest BCUT2D eigenvalue weighted by Crippen LogP contribution is 2.30. The van der Waals surface area contributed by atoms with Crippen LogP contribution in [0.1, 0.15) is 44.9 Å². The molecule has 1 saturated carbocycles. The molecule has 0 aromatic rings. The molecule has 1 saturated heterocycles. The zero-order valence-electron chi connectivity index (χ0n) is 11.5. The van der Waals surface area contributed by atoms with Crippen LogP contribution in [-0.4, -0.2) is 43.0 Å². The van der Waals surface area contributed by atoms with Crippen LogP contribution in [-0.2, 0) is 4.79 Å². The van der Waals surface area contributed by atoms with Gasteiger partial charge in [-0.25, -0.2) is 0 Å². The first-order valence-electron chi connectivity index (χ1n) is 7.41. The number of nitrogens with zero attached hydrogens (tertiary/aromatic N) is 1. The molecule has 0 aromatic heterocycles. The van der Waals surface area contributed by atoms with E-state index in [2.05, 4.69) is 17.3 Å². The molecule has 0 spiro atoms. The van der Waals surface area contributed by atoms with Gasteiger partial charge in [0.25, 0.3) is 0 Å². The maximum absolute atomic E-state index is 11.7. The third-order valence-corrected chi connectivity index (χ3v) is 4.73. The highest BCUT2D eigenvalue weighted by Gasteiger charge is 2.32. The lowest BCUT2D eigenvalue weighted by molar-refractivity contribution is -0.122. The minimum atomic E-state index is 0.212. The Bertz CT molecular complexity index is 282. The van der Waals surface area contributed by atoms with Gasteiger partial charge >= 0.3 is 0 Å². The van der Waals surface area contributed by atoms with Crippen LogP contribution in [0.25, 0.3) is 0 Å². The van der Waals surface area contributed by atoms with Crippen LogP contribution in [0.4, 0.5) is 0 Å². The monoisotopic (exact) mass is 253 g/mol. The van der Waals surface area contributed by atoms with Crippen LogP contribution < -0.4 is 11.1 Å². The molecule has 104 valence electrons. The Morgan fingerprint density at radius 1 is 1.28 bits per heavy atom. The van der Waals surface area contributed by atoms with Crippen molar-refractivity contribution in [1.29, 1.82) is 0 Å². The van der Waals surface area contributed by atoms with Gasteiger partial charge in [-0.3, -0.25) is 9.69 Å². The largest absolute Gasteiger partial charge is 0.356 e. The first kappa shape index (κ1) is 13.8. The second-order valence-corrected chi connectivity index (χ2v) is 5.86. The average Bonchev–Trinajstić information content (AvgIpc) is 2.62. The molecular weight excluding hydrogens is 226 g/mol. The number of nitrogens with two attached hydrogens (primary N) is 1. The van der Waals surface area contributed by atoms with Crippen molar-refractivity contribution in [2.24, 2.45) is 11.7 Å². The van der Waals surface area contributed by atoms with Gasteiger partial charge in [-0.1, -0.05) is 12.8 Å². The summed E-state index contributed by atoms with van der Waals surface area (Å²) >= 11 is 0. The summed E-state index contributed by atoms with van der Waals surface area (Å²) in [5, 5.41) is 2.97. The van der Waals surface area contributed by atoms with E-state index >= 15 is 0 Å². The van der Waals surface area contributed by atoms with Crippen molar-refractivity contribution in [2.75, 3.05) is 20.1 Å². The lowest BCUT2D eigenvalue weighted by Crippen LogP contribution is -2.48. The van der Waals surface area contributed by atoms with Gasteiger partial charge in [0.1, 0.15) is 0 Å². The van der Waals surface area contributed by atoms with Crippen LogP contribution >= 0.6 is 0 Å². The second-order valence-electron chi connectivity index (χ2n) is 5.86. The van der Waals surface area contributed by atoms with Crippen LogP contribution in [0.15, 0.2) is 0 Å². The molecule has 2 aliphatic rings. The minimum absolute atomic E-state index is 0.212. The van der Waals surface area contributed by atoms with Crippen LogP contribution in [0.3, 0.4) is 0 Å². The molecule has 2 fully saturated rings. The molecule has 3 unspecified atom stereocenters. The van der Waals surface area contributed by atoms with Gasteiger partial charge in [0.2, 0.25) is 5.91 Å². The van der Waals surface area contributed by atoms with Gasteiger partial charge in [0.05, 0.1) is 0 Å². The topological polar surface area (TPSA) is 58.4 Å². The molecule has 0 radical (unpaired) electrons. The van der Waals surface area contributed by atoms with Crippen LogP contribution in [0.5, 0.6) is 0 Å². The zero-order valence-corrected chi connectivity index (χ0v) is 11.5. The standard InChI is InChI=1S/C14H27N3O/c1-17(12-6-4-8-16-14(18)9-12)13-7-3-2-5-11(13)10-15/h11-13H,2-10,15H2,1H3,(H,16,18). The fourth-order valence-electron chi connectivity index (χ4n) is 3.57. The Kier molecular flexibility index (Phi) is 5.01. The molecule has 4 heteroatoms. The number of carbonyl (C=O) groups is 1. The summed E-state index contributed by atoms with van der Waals surface area (Å²) in [6, 6.07) is 0.990. The maximum atomic E-state index is 11.7. The minimum Gasteiger partial charge on any atom is -0.356 e. The van der Waals surface area contributed by atoms with E-state index in [1.54, 1.807) is 0 Å². The summed E-state index contributed by atoms with van der Waals surface area (Å²) < 4.78 is 0. The van der Waals surface area contributed by atoms with Crippen molar-refractivity contribution in [3.63, 3.8) is 0 Å². The van der Waals surface area contributed by atoms with Crippen LogP contribution in [0.2, 0.25) is 0 Å². The fourth-order valence-corrected chi connectivity index (χ4v) is 3.57. The molecule has 1 amide bonds. The molecule has 1 aliphatic carbocycles. The number of hydrogen-bond acceptors (Lipinski definition) is 3. The molecule has 0 aromatic carbocycles. The highest BCUT2D eigenvalue weighted by molar-refractivity contribution is 5.76. The van der Waals surface area contributed by atoms with Gasteiger partial charge in [0.15, 0.2) is 0 Å². The normalized spacial score (nSPS) is 34.2. The van der Waals surface area contributed by atoms with E-state index in [-0.39, 0.29) is 5.91 Å². The first-order valence-corrected chi connectivity index (χ1v) is 7.41. The molecule has 18 heavy (non-hydrogen) atoms. The summed E-state index contributed by atoms with van der Waals surface area (Å²) in [7, 11) is 2.20. The summed E-state index contributed by atoms with van der Waals surface area (Å²) in [4.78, 5) is 14.1. The second kappa shape index (κ2) is 6.53. The smallest absolute Gasteiger partial charge is 0.221 e. The third kappa shape index (κ3) is 3.23. The Balaban J connectivity index is 1.99. The summed E-state index contributed by atoms with van der Waals surface area (Å²) in [6.07, 6.45) is 8.01. The van der Waals surface area contributed by atoms with Crippen molar-refractivity contribution in [3.05, 3.63) is 0 Å². The molecule has 3 N–H and O–H groups in total. The maximum Gasteiger partial charge on any atom is 0.221 e. The summed E-state index contributed by atoms with van der Waals surface area (Å²) in [6.45, 7) is 1.63. The van der Waals surface area contributed by atoms with Gasteiger partial charge in [0, 0.05) is 25.0 Å². The number of rotatable bonds is 3. The number of amides is 1. The lowest BCUT2D eigenvalue weighted by Gasteiger charge is -2.41. The van der Waals surface area contributed by atoms with E-state index in [1.165, 1.54) is 25.7 Å². The van der Waals surface area contributed by atoms with Crippen molar-refractivity contribution in [2.45, 2.75) is 57.0 Å². The Morgan fingerprint density at radius 3 is 2.83 bits per heavy atom. The predicted octanol–water partition coefficient (Wildman–Crippen LogP) is 1.10. The van der Waals surface area contributed by atoms with E-state index in [0.717, 1.165) is 25.9 Å². The molecule has 4 nitrogen and oxygen atoms in total. The molecule has 2 rings (SSSR count). The van der Waals surface area contributed by atoms with Crippen molar-refractivity contribution >= 4 is 5.91 Å². The van der Waals surface area contributed by atoms with Gasteiger partial charge < -0.3 is 11.1 Å². The molecule has 1 heterocycles. The van der Waals surface area contributed by atoms with Gasteiger partial charge in [-0.2, -0.15) is 0 Å². The average molecular weight is 253 g/mol. The van der Waals surface area contributed by atoms with E-state index < -0.39 is 0 Å². The lowest BCUT2D eigenvalue weighted by atomic mass is 9.82. The summed E-state index contributed by atoms with van der Waals surface area (Å²) in [5.41, 5.74) is 5.91. The van der Waals surface area contributed by atoms with Crippen molar-refractivity contribution < 1.29 is 4.79 Å². The molecule has 0 bridgehead atoms. The summed E-state index contributed by atoms with van der Waals surface area (Å²) in [5.74, 6) is 0.833. The quantitative estimate of drug-likeness (QED) is 0.792. The van der Waals surface area contributed by atoms with E-state index in [0.29, 0.717) is 24.4 Å². The fraction of sp³-hybridized carbons (Fsp3) is 0.929. The number of carbonyl (C=O) groups excluding carboxylic acids is 1. The number of nitrogens with one attached hydrogen (secondary N) is 1. The zero-order chi connectivity index (χ0) is 13.0. The Labute approximate surface area is 110 Å². The molecule has 3 atom stereocenters. The Hall–Kier alpha value is -0.610.